The van der Waals surface area contributed by atoms with Gasteiger partial charge in [-0.05, 0) is 26.0 Å². The summed E-state index contributed by atoms with van der Waals surface area (Å²) in [5.74, 6) is 1.13. The van der Waals surface area contributed by atoms with E-state index in [2.05, 4.69) is 11.2 Å². The molecule has 0 atom stereocenters. The molecule has 3 rings (SSSR count). The lowest BCUT2D eigenvalue weighted by atomic mass is 10.1. The number of nitrogens with zero attached hydrogens (tertiary/aromatic N) is 4. The maximum Gasteiger partial charge on any atom is 0.258 e. The van der Waals surface area contributed by atoms with Crippen molar-refractivity contribution < 1.29 is 13.7 Å². The number of carbonyl (C=O) groups is 1. The summed E-state index contributed by atoms with van der Waals surface area (Å²) in [7, 11) is 1.65. The van der Waals surface area contributed by atoms with E-state index >= 15 is 0 Å². The lowest BCUT2D eigenvalue weighted by Crippen LogP contribution is -2.27. The molecule has 0 aliphatic heterocycles. The molecule has 1 amide bonds. The minimum Gasteiger partial charge on any atom is -0.443 e. The minimum atomic E-state index is -0.299. The maximum atomic E-state index is 12.8. The molecule has 3 heterocycles. The van der Waals surface area contributed by atoms with Gasteiger partial charge in [0.05, 0.1) is 6.54 Å². The van der Waals surface area contributed by atoms with Crippen LogP contribution in [-0.2, 0) is 6.54 Å². The van der Waals surface area contributed by atoms with Gasteiger partial charge in [-0.3, -0.25) is 9.36 Å². The molecule has 0 fully saturated rings. The smallest absolute Gasteiger partial charge is 0.258 e. The summed E-state index contributed by atoms with van der Waals surface area (Å²) in [6.45, 7) is 3.75. The van der Waals surface area contributed by atoms with Crippen molar-refractivity contribution in [2.24, 2.45) is 0 Å². The van der Waals surface area contributed by atoms with Crippen LogP contribution in [0.4, 0.5) is 0 Å². The number of nitriles is 1. The lowest BCUT2D eigenvalue weighted by Gasteiger charge is -2.15. The van der Waals surface area contributed by atoms with Gasteiger partial charge in [0.2, 0.25) is 5.88 Å². The van der Waals surface area contributed by atoms with E-state index in [1.54, 1.807) is 43.9 Å². The molecular weight excluding hydrogens is 308 g/mol. The Balaban J connectivity index is 1.93. The van der Waals surface area contributed by atoms with E-state index in [9.17, 15) is 10.1 Å². The molecule has 0 aliphatic carbocycles. The summed E-state index contributed by atoms with van der Waals surface area (Å²) in [5.41, 5.74) is 1.13. The Labute approximate surface area is 138 Å². The second-order valence-electron chi connectivity index (χ2n) is 5.51. The molecular formula is C17H16N4O3. The average molecular weight is 324 g/mol. The van der Waals surface area contributed by atoms with Crippen LogP contribution in [0.2, 0.25) is 0 Å². The highest BCUT2D eigenvalue weighted by atomic mass is 16.5. The summed E-state index contributed by atoms with van der Waals surface area (Å²) in [6.07, 6.45) is 3.52. The molecule has 0 bridgehead atoms. The second-order valence-corrected chi connectivity index (χ2v) is 5.51. The van der Waals surface area contributed by atoms with Crippen LogP contribution in [0, 0.1) is 25.2 Å². The molecule has 122 valence electrons. The maximum absolute atomic E-state index is 12.8. The normalized spacial score (nSPS) is 10.6. The van der Waals surface area contributed by atoms with Crippen LogP contribution < -0.4 is 0 Å². The number of carbonyl (C=O) groups excluding carboxylic acids is 1. The van der Waals surface area contributed by atoms with Gasteiger partial charge in [0.15, 0.2) is 0 Å². The fourth-order valence-electron chi connectivity index (χ4n) is 2.54. The highest BCUT2D eigenvalue weighted by molar-refractivity contribution is 5.98. The van der Waals surface area contributed by atoms with Gasteiger partial charge in [0.1, 0.15) is 34.4 Å². The highest BCUT2D eigenvalue weighted by Crippen LogP contribution is 2.26. The second kappa shape index (κ2) is 6.08. The molecule has 0 unspecified atom stereocenters. The van der Waals surface area contributed by atoms with E-state index in [-0.39, 0.29) is 23.6 Å². The van der Waals surface area contributed by atoms with Crippen LogP contribution in [0.1, 0.15) is 33.1 Å². The van der Waals surface area contributed by atoms with E-state index in [0.29, 0.717) is 23.1 Å². The molecule has 0 N–H and O–H groups in total. The third-order valence-corrected chi connectivity index (χ3v) is 3.65. The zero-order valence-corrected chi connectivity index (χ0v) is 13.6. The molecule has 0 saturated heterocycles. The van der Waals surface area contributed by atoms with Gasteiger partial charge in [0, 0.05) is 25.5 Å². The van der Waals surface area contributed by atoms with Gasteiger partial charge >= 0.3 is 0 Å². The number of aryl methyl sites for hydroxylation is 2. The number of aromatic nitrogens is 2. The van der Waals surface area contributed by atoms with Crippen molar-refractivity contribution >= 4 is 5.91 Å². The molecule has 3 aromatic rings. The lowest BCUT2D eigenvalue weighted by molar-refractivity contribution is 0.0780. The van der Waals surface area contributed by atoms with Gasteiger partial charge in [-0.25, -0.2) is 0 Å². The van der Waals surface area contributed by atoms with Crippen molar-refractivity contribution in [3.63, 3.8) is 0 Å². The minimum absolute atomic E-state index is 0.219. The van der Waals surface area contributed by atoms with Gasteiger partial charge in [0.25, 0.3) is 5.91 Å². The standard InChI is InChI=1S/C17H16N4O3/c1-11-8-13(19-24-11)10-20(3)16(22)15-12(2)23-17(14(15)9-18)21-6-4-5-7-21/h4-8H,10H2,1-3H3. The predicted molar refractivity (Wildman–Crippen MR) is 84.5 cm³/mol. The van der Waals surface area contributed by atoms with Crippen LogP contribution in [0.5, 0.6) is 0 Å². The fraction of sp³-hybridized carbons (Fsp3) is 0.235. The van der Waals surface area contributed by atoms with E-state index in [0.717, 1.165) is 0 Å². The van der Waals surface area contributed by atoms with E-state index in [1.807, 2.05) is 12.1 Å². The predicted octanol–water partition coefficient (Wildman–Crippen LogP) is 2.82. The Morgan fingerprint density at radius 2 is 2.08 bits per heavy atom. The van der Waals surface area contributed by atoms with E-state index < -0.39 is 0 Å². The Bertz CT molecular complexity index is 912. The molecule has 0 aromatic carbocycles. The van der Waals surface area contributed by atoms with Crippen LogP contribution in [0.25, 0.3) is 5.88 Å². The van der Waals surface area contributed by atoms with Gasteiger partial charge in [-0.1, -0.05) is 5.16 Å². The Morgan fingerprint density at radius 1 is 1.38 bits per heavy atom. The quantitative estimate of drug-likeness (QED) is 0.736. The van der Waals surface area contributed by atoms with Crippen molar-refractivity contribution in [1.29, 1.82) is 5.26 Å². The third-order valence-electron chi connectivity index (χ3n) is 3.65. The monoisotopic (exact) mass is 324 g/mol. The number of hydrogen-bond acceptors (Lipinski definition) is 5. The Kier molecular flexibility index (Phi) is 3.96. The van der Waals surface area contributed by atoms with Crippen LogP contribution in [-0.4, -0.2) is 27.6 Å². The molecule has 0 aliphatic rings. The Hall–Kier alpha value is -3.27. The Morgan fingerprint density at radius 3 is 2.67 bits per heavy atom. The average Bonchev–Trinajstić information content (AvgIpc) is 3.26. The first-order valence-corrected chi connectivity index (χ1v) is 7.35. The summed E-state index contributed by atoms with van der Waals surface area (Å²) in [5, 5.41) is 13.4. The third kappa shape index (κ3) is 2.70. The zero-order chi connectivity index (χ0) is 17.3. The molecule has 3 aromatic heterocycles. The van der Waals surface area contributed by atoms with Crippen molar-refractivity contribution in [3.05, 3.63) is 58.9 Å². The topological polar surface area (TPSA) is 88.2 Å². The number of rotatable bonds is 4. The largest absolute Gasteiger partial charge is 0.443 e. The van der Waals surface area contributed by atoms with Crippen molar-refractivity contribution in [3.8, 4) is 12.0 Å². The van der Waals surface area contributed by atoms with Gasteiger partial charge < -0.3 is 13.8 Å². The number of amides is 1. The first-order valence-electron chi connectivity index (χ1n) is 7.35. The van der Waals surface area contributed by atoms with Crippen LogP contribution in [0.3, 0.4) is 0 Å². The summed E-state index contributed by atoms with van der Waals surface area (Å²) < 4.78 is 12.3. The summed E-state index contributed by atoms with van der Waals surface area (Å²) in [4.78, 5) is 14.3. The van der Waals surface area contributed by atoms with Gasteiger partial charge in [-0.2, -0.15) is 5.26 Å². The number of furan rings is 1. The molecule has 0 radical (unpaired) electrons. The van der Waals surface area contributed by atoms with Gasteiger partial charge in [-0.15, -0.1) is 0 Å². The first-order chi connectivity index (χ1) is 11.5. The highest BCUT2D eigenvalue weighted by Gasteiger charge is 2.27. The molecule has 0 saturated carbocycles. The van der Waals surface area contributed by atoms with E-state index in [4.69, 9.17) is 8.94 Å². The SMILES string of the molecule is Cc1cc(CN(C)C(=O)c2c(C)oc(-n3cccc3)c2C#N)no1. The fourth-order valence-corrected chi connectivity index (χ4v) is 2.54. The van der Waals surface area contributed by atoms with Crippen molar-refractivity contribution in [2.75, 3.05) is 7.05 Å². The molecule has 0 spiro atoms. The van der Waals surface area contributed by atoms with Crippen LogP contribution >= 0.6 is 0 Å². The first kappa shape index (κ1) is 15.6. The van der Waals surface area contributed by atoms with E-state index in [1.165, 1.54) is 4.90 Å². The van der Waals surface area contributed by atoms with Crippen molar-refractivity contribution in [1.82, 2.24) is 14.6 Å². The molecule has 7 nitrogen and oxygen atoms in total. The summed E-state index contributed by atoms with van der Waals surface area (Å²) >= 11 is 0. The molecule has 7 heteroatoms. The zero-order valence-electron chi connectivity index (χ0n) is 13.6. The van der Waals surface area contributed by atoms with Crippen LogP contribution in [0.15, 0.2) is 39.5 Å². The number of hydrogen-bond donors (Lipinski definition) is 0. The van der Waals surface area contributed by atoms with Crippen molar-refractivity contribution in [2.45, 2.75) is 20.4 Å². The molecule has 24 heavy (non-hydrogen) atoms. The summed E-state index contributed by atoms with van der Waals surface area (Å²) in [6, 6.07) is 7.49.